The zero-order valence-electron chi connectivity index (χ0n) is 9.02. The Balaban J connectivity index is 2.61. The lowest BCUT2D eigenvalue weighted by Gasteiger charge is -2.18. The smallest absolute Gasteiger partial charge is 0.123 e. The van der Waals surface area contributed by atoms with Crippen LogP contribution in [-0.2, 0) is 0 Å². The van der Waals surface area contributed by atoms with Gasteiger partial charge in [-0.15, -0.1) is 0 Å². The molecule has 15 heavy (non-hydrogen) atoms. The van der Waals surface area contributed by atoms with Crippen LogP contribution in [0.4, 0.5) is 4.39 Å². The zero-order chi connectivity index (χ0) is 11.4. The predicted octanol–water partition coefficient (Wildman–Crippen LogP) is 2.06. The van der Waals surface area contributed by atoms with Gasteiger partial charge in [0.2, 0.25) is 0 Å². The molecule has 0 heterocycles. The Kier molecular flexibility index (Phi) is 4.24. The van der Waals surface area contributed by atoms with E-state index in [9.17, 15) is 9.50 Å². The minimum atomic E-state index is -0.731. The summed E-state index contributed by atoms with van der Waals surface area (Å²) in [5.41, 5.74) is 0.969. The molecule has 0 radical (unpaired) electrons. The van der Waals surface area contributed by atoms with Gasteiger partial charge in [-0.3, -0.25) is 0 Å². The highest BCUT2D eigenvalue weighted by Gasteiger charge is 2.16. The SMILES string of the molecule is CC(CC(O)C(C)O)c1ccc(F)cc1. The van der Waals surface area contributed by atoms with Gasteiger partial charge in [0.05, 0.1) is 12.2 Å². The highest BCUT2D eigenvalue weighted by Crippen LogP contribution is 2.21. The maximum absolute atomic E-state index is 12.7. The quantitative estimate of drug-likeness (QED) is 0.802. The van der Waals surface area contributed by atoms with E-state index in [1.54, 1.807) is 19.1 Å². The molecular weight excluding hydrogens is 195 g/mol. The van der Waals surface area contributed by atoms with E-state index < -0.39 is 12.2 Å². The summed E-state index contributed by atoms with van der Waals surface area (Å²) in [4.78, 5) is 0. The van der Waals surface area contributed by atoms with Gasteiger partial charge in [0.25, 0.3) is 0 Å². The van der Waals surface area contributed by atoms with Crippen molar-refractivity contribution in [1.29, 1.82) is 0 Å². The van der Waals surface area contributed by atoms with Gasteiger partial charge in [-0.1, -0.05) is 19.1 Å². The van der Waals surface area contributed by atoms with E-state index in [1.807, 2.05) is 6.92 Å². The highest BCUT2D eigenvalue weighted by molar-refractivity contribution is 5.19. The van der Waals surface area contributed by atoms with Crippen molar-refractivity contribution in [1.82, 2.24) is 0 Å². The number of hydrogen-bond donors (Lipinski definition) is 2. The van der Waals surface area contributed by atoms with Crippen LogP contribution in [0.3, 0.4) is 0 Å². The average molecular weight is 212 g/mol. The molecule has 0 aliphatic rings. The van der Waals surface area contributed by atoms with Crippen LogP contribution in [0, 0.1) is 5.82 Å². The third-order valence-corrected chi connectivity index (χ3v) is 2.59. The fourth-order valence-electron chi connectivity index (χ4n) is 1.49. The van der Waals surface area contributed by atoms with Crippen molar-refractivity contribution < 1.29 is 14.6 Å². The first kappa shape index (κ1) is 12.1. The Labute approximate surface area is 89.4 Å². The fourth-order valence-corrected chi connectivity index (χ4v) is 1.49. The van der Waals surface area contributed by atoms with E-state index in [2.05, 4.69) is 0 Å². The lowest BCUT2D eigenvalue weighted by Crippen LogP contribution is -2.24. The van der Waals surface area contributed by atoms with E-state index in [0.29, 0.717) is 6.42 Å². The number of aliphatic hydroxyl groups is 2. The van der Waals surface area contributed by atoms with Crippen LogP contribution in [0.5, 0.6) is 0 Å². The molecule has 0 fully saturated rings. The Morgan fingerprint density at radius 1 is 1.13 bits per heavy atom. The van der Waals surface area contributed by atoms with Crippen molar-refractivity contribution >= 4 is 0 Å². The number of rotatable bonds is 4. The van der Waals surface area contributed by atoms with Crippen LogP contribution in [0.25, 0.3) is 0 Å². The molecule has 0 spiro atoms. The fraction of sp³-hybridized carbons (Fsp3) is 0.500. The van der Waals surface area contributed by atoms with E-state index in [0.717, 1.165) is 5.56 Å². The number of halogens is 1. The van der Waals surface area contributed by atoms with Crippen molar-refractivity contribution in [2.45, 2.75) is 38.4 Å². The van der Waals surface area contributed by atoms with Crippen LogP contribution in [0.1, 0.15) is 31.7 Å². The molecule has 2 N–H and O–H groups in total. The third kappa shape index (κ3) is 3.61. The van der Waals surface area contributed by atoms with E-state index in [-0.39, 0.29) is 11.7 Å². The van der Waals surface area contributed by atoms with Crippen LogP contribution < -0.4 is 0 Å². The van der Waals surface area contributed by atoms with Crippen LogP contribution in [-0.4, -0.2) is 22.4 Å². The standard InChI is InChI=1S/C12H17FO2/c1-8(7-12(15)9(2)14)10-3-5-11(13)6-4-10/h3-6,8-9,12,14-15H,7H2,1-2H3. The van der Waals surface area contributed by atoms with Crippen molar-refractivity contribution in [2.24, 2.45) is 0 Å². The molecule has 0 saturated heterocycles. The maximum Gasteiger partial charge on any atom is 0.123 e. The molecule has 1 aromatic rings. The molecule has 0 aliphatic carbocycles. The summed E-state index contributed by atoms with van der Waals surface area (Å²) in [6.45, 7) is 3.50. The van der Waals surface area contributed by atoms with Crippen LogP contribution in [0.2, 0.25) is 0 Å². The Bertz CT molecular complexity index is 295. The first-order valence-electron chi connectivity index (χ1n) is 5.12. The second-order valence-corrected chi connectivity index (χ2v) is 4.00. The number of hydrogen-bond acceptors (Lipinski definition) is 2. The first-order chi connectivity index (χ1) is 7.00. The molecule has 0 bridgehead atoms. The Hall–Kier alpha value is -0.930. The second-order valence-electron chi connectivity index (χ2n) is 4.00. The van der Waals surface area contributed by atoms with E-state index >= 15 is 0 Å². The summed E-state index contributed by atoms with van der Waals surface area (Å²) in [7, 11) is 0. The summed E-state index contributed by atoms with van der Waals surface area (Å²) in [5.74, 6) is -0.155. The summed E-state index contributed by atoms with van der Waals surface area (Å²) in [6.07, 6.45) is -0.985. The van der Waals surface area contributed by atoms with Gasteiger partial charge >= 0.3 is 0 Å². The van der Waals surface area contributed by atoms with Crippen molar-refractivity contribution in [3.8, 4) is 0 Å². The van der Waals surface area contributed by atoms with Crippen molar-refractivity contribution in [3.05, 3.63) is 35.6 Å². The number of aliphatic hydroxyl groups excluding tert-OH is 2. The molecule has 84 valence electrons. The Morgan fingerprint density at radius 3 is 2.13 bits per heavy atom. The van der Waals surface area contributed by atoms with Crippen LogP contribution in [0.15, 0.2) is 24.3 Å². The Morgan fingerprint density at radius 2 is 1.67 bits per heavy atom. The molecule has 0 amide bonds. The molecule has 1 rings (SSSR count). The van der Waals surface area contributed by atoms with Gasteiger partial charge in [0.1, 0.15) is 5.82 Å². The van der Waals surface area contributed by atoms with Gasteiger partial charge in [-0.25, -0.2) is 4.39 Å². The monoisotopic (exact) mass is 212 g/mol. The van der Waals surface area contributed by atoms with Crippen LogP contribution >= 0.6 is 0 Å². The zero-order valence-corrected chi connectivity index (χ0v) is 9.02. The van der Waals surface area contributed by atoms with Gasteiger partial charge in [0, 0.05) is 0 Å². The van der Waals surface area contributed by atoms with Crippen molar-refractivity contribution in [3.63, 3.8) is 0 Å². The van der Waals surface area contributed by atoms with Gasteiger partial charge in [-0.2, -0.15) is 0 Å². The first-order valence-corrected chi connectivity index (χ1v) is 5.12. The molecule has 2 nitrogen and oxygen atoms in total. The molecule has 3 unspecified atom stereocenters. The summed E-state index contributed by atoms with van der Waals surface area (Å²) < 4.78 is 12.7. The van der Waals surface area contributed by atoms with E-state index in [4.69, 9.17) is 5.11 Å². The lowest BCUT2D eigenvalue weighted by molar-refractivity contribution is 0.0227. The second kappa shape index (κ2) is 5.24. The minimum Gasteiger partial charge on any atom is -0.391 e. The summed E-state index contributed by atoms with van der Waals surface area (Å²) in [5, 5.41) is 18.6. The minimum absolute atomic E-state index is 0.107. The maximum atomic E-state index is 12.7. The van der Waals surface area contributed by atoms with Gasteiger partial charge in [0.15, 0.2) is 0 Å². The molecule has 0 aromatic heterocycles. The third-order valence-electron chi connectivity index (χ3n) is 2.59. The summed E-state index contributed by atoms with van der Waals surface area (Å²) in [6, 6.07) is 6.21. The molecule has 1 aromatic carbocycles. The summed E-state index contributed by atoms with van der Waals surface area (Å²) >= 11 is 0. The lowest BCUT2D eigenvalue weighted by atomic mass is 9.93. The van der Waals surface area contributed by atoms with Gasteiger partial charge < -0.3 is 10.2 Å². The normalized spacial score (nSPS) is 17.1. The van der Waals surface area contributed by atoms with E-state index in [1.165, 1.54) is 12.1 Å². The molecule has 3 atom stereocenters. The molecular formula is C12H17FO2. The topological polar surface area (TPSA) is 40.5 Å². The average Bonchev–Trinajstić information content (AvgIpc) is 2.18. The molecule has 0 saturated carbocycles. The molecule has 3 heteroatoms. The molecule has 0 aliphatic heterocycles. The largest absolute Gasteiger partial charge is 0.391 e. The van der Waals surface area contributed by atoms with Crippen molar-refractivity contribution in [2.75, 3.05) is 0 Å². The highest BCUT2D eigenvalue weighted by atomic mass is 19.1. The predicted molar refractivity (Wildman–Crippen MR) is 57.1 cm³/mol. The number of benzene rings is 1. The van der Waals surface area contributed by atoms with Gasteiger partial charge in [-0.05, 0) is 37.0 Å².